The van der Waals surface area contributed by atoms with E-state index in [1.807, 2.05) is 12.1 Å². The zero-order chi connectivity index (χ0) is 14.7. The molecule has 0 bridgehead atoms. The Bertz CT molecular complexity index is 509. The monoisotopic (exact) mass is 347 g/mol. The standard InChI is InChI=1S/C14H22BrNO2S/c1-11(9-12-5-7-13(15)8-6-12)16-10-14(2,3)19(4,17)18/h5-8,11,16H,9-10H2,1-4H3. The molecule has 1 N–H and O–H groups in total. The maximum absolute atomic E-state index is 11.6. The van der Waals surface area contributed by atoms with Crippen LogP contribution in [0.3, 0.4) is 0 Å². The third-order valence-corrected chi connectivity index (χ3v) is 6.02. The van der Waals surface area contributed by atoms with Crippen LogP contribution >= 0.6 is 15.9 Å². The summed E-state index contributed by atoms with van der Waals surface area (Å²) < 4.78 is 23.6. The van der Waals surface area contributed by atoms with E-state index in [0.717, 1.165) is 10.9 Å². The van der Waals surface area contributed by atoms with Crippen molar-refractivity contribution in [3.63, 3.8) is 0 Å². The summed E-state index contributed by atoms with van der Waals surface area (Å²) in [5.74, 6) is 0. The molecule has 3 nitrogen and oxygen atoms in total. The number of rotatable bonds is 6. The highest BCUT2D eigenvalue weighted by molar-refractivity contribution is 9.10. The summed E-state index contributed by atoms with van der Waals surface area (Å²) in [6.07, 6.45) is 2.17. The number of hydrogen-bond acceptors (Lipinski definition) is 3. The highest BCUT2D eigenvalue weighted by atomic mass is 79.9. The molecular weight excluding hydrogens is 326 g/mol. The molecule has 1 aromatic rings. The van der Waals surface area contributed by atoms with Crippen LogP contribution in [0.1, 0.15) is 26.3 Å². The van der Waals surface area contributed by atoms with E-state index in [1.54, 1.807) is 13.8 Å². The second-order valence-electron chi connectivity index (χ2n) is 5.64. The smallest absolute Gasteiger partial charge is 0.153 e. The molecule has 5 heteroatoms. The third-order valence-electron chi connectivity index (χ3n) is 3.34. The van der Waals surface area contributed by atoms with Crippen LogP contribution < -0.4 is 5.32 Å². The van der Waals surface area contributed by atoms with Gasteiger partial charge < -0.3 is 5.32 Å². The van der Waals surface area contributed by atoms with Gasteiger partial charge in [0.2, 0.25) is 0 Å². The molecule has 0 saturated carbocycles. The first-order valence-corrected chi connectivity index (χ1v) is 8.98. The van der Waals surface area contributed by atoms with Crippen LogP contribution in [-0.2, 0) is 16.3 Å². The quantitative estimate of drug-likeness (QED) is 0.860. The highest BCUT2D eigenvalue weighted by Crippen LogP contribution is 2.15. The molecular formula is C14H22BrNO2S. The van der Waals surface area contributed by atoms with Gasteiger partial charge in [-0.2, -0.15) is 0 Å². The van der Waals surface area contributed by atoms with Crippen LogP contribution in [-0.4, -0.2) is 32.0 Å². The summed E-state index contributed by atoms with van der Waals surface area (Å²) in [4.78, 5) is 0. The van der Waals surface area contributed by atoms with Crippen molar-refractivity contribution in [1.29, 1.82) is 0 Å². The summed E-state index contributed by atoms with van der Waals surface area (Å²) in [6, 6.07) is 8.42. The second-order valence-corrected chi connectivity index (χ2v) is 9.21. The van der Waals surface area contributed by atoms with E-state index in [4.69, 9.17) is 0 Å². The topological polar surface area (TPSA) is 46.2 Å². The number of halogens is 1. The van der Waals surface area contributed by atoms with Gasteiger partial charge in [0.15, 0.2) is 9.84 Å². The fourth-order valence-electron chi connectivity index (χ4n) is 1.60. The van der Waals surface area contributed by atoms with Gasteiger partial charge >= 0.3 is 0 Å². The van der Waals surface area contributed by atoms with E-state index in [2.05, 4.69) is 40.3 Å². The number of nitrogens with one attached hydrogen (secondary N) is 1. The van der Waals surface area contributed by atoms with Crippen molar-refractivity contribution in [3.8, 4) is 0 Å². The molecule has 0 fully saturated rings. The summed E-state index contributed by atoms with van der Waals surface area (Å²) in [6.45, 7) is 6.04. The molecule has 0 aliphatic heterocycles. The first-order valence-electron chi connectivity index (χ1n) is 6.29. The number of benzene rings is 1. The average Bonchev–Trinajstić information content (AvgIpc) is 2.28. The lowest BCUT2D eigenvalue weighted by atomic mass is 10.1. The van der Waals surface area contributed by atoms with Gasteiger partial charge in [-0.15, -0.1) is 0 Å². The lowest BCUT2D eigenvalue weighted by molar-refractivity contribution is 0.478. The second kappa shape index (κ2) is 6.37. The minimum Gasteiger partial charge on any atom is -0.312 e. The van der Waals surface area contributed by atoms with Crippen LogP contribution in [0.4, 0.5) is 0 Å². The van der Waals surface area contributed by atoms with E-state index in [1.165, 1.54) is 11.8 Å². The van der Waals surface area contributed by atoms with Crippen LogP contribution in [0.2, 0.25) is 0 Å². The van der Waals surface area contributed by atoms with Crippen molar-refractivity contribution >= 4 is 25.8 Å². The Morgan fingerprint density at radius 2 is 1.79 bits per heavy atom. The Labute approximate surface area is 124 Å². The van der Waals surface area contributed by atoms with E-state index in [9.17, 15) is 8.42 Å². The van der Waals surface area contributed by atoms with Gasteiger partial charge in [-0.3, -0.25) is 0 Å². The largest absolute Gasteiger partial charge is 0.312 e. The predicted molar refractivity (Wildman–Crippen MR) is 84.2 cm³/mol. The van der Waals surface area contributed by atoms with Gasteiger partial charge in [-0.05, 0) is 44.9 Å². The lowest BCUT2D eigenvalue weighted by Crippen LogP contribution is -2.45. The molecule has 0 aromatic heterocycles. The lowest BCUT2D eigenvalue weighted by Gasteiger charge is -2.25. The fraction of sp³-hybridized carbons (Fsp3) is 0.571. The van der Waals surface area contributed by atoms with Crippen molar-refractivity contribution in [2.24, 2.45) is 0 Å². The molecule has 1 aromatic carbocycles. The Kier molecular flexibility index (Phi) is 5.59. The molecule has 0 aliphatic carbocycles. The zero-order valence-electron chi connectivity index (χ0n) is 11.9. The maximum Gasteiger partial charge on any atom is 0.153 e. The Morgan fingerprint density at radius 1 is 1.26 bits per heavy atom. The van der Waals surface area contributed by atoms with Crippen LogP contribution in [0.5, 0.6) is 0 Å². The minimum absolute atomic E-state index is 0.238. The fourth-order valence-corrected chi connectivity index (χ4v) is 2.21. The Balaban J connectivity index is 2.53. The van der Waals surface area contributed by atoms with Gasteiger partial charge in [-0.25, -0.2) is 8.42 Å². The molecule has 0 amide bonds. The average molecular weight is 348 g/mol. The number of sulfone groups is 1. The highest BCUT2D eigenvalue weighted by Gasteiger charge is 2.30. The molecule has 0 aliphatic rings. The molecule has 1 atom stereocenters. The molecule has 0 heterocycles. The summed E-state index contributed by atoms with van der Waals surface area (Å²) in [5, 5.41) is 3.30. The van der Waals surface area contributed by atoms with Gasteiger partial charge in [0.25, 0.3) is 0 Å². The molecule has 108 valence electrons. The number of hydrogen-bond donors (Lipinski definition) is 1. The Hall–Kier alpha value is -0.390. The van der Waals surface area contributed by atoms with E-state index in [0.29, 0.717) is 6.54 Å². The first kappa shape index (κ1) is 16.7. The Morgan fingerprint density at radius 3 is 2.26 bits per heavy atom. The van der Waals surface area contributed by atoms with Crippen molar-refractivity contribution in [2.75, 3.05) is 12.8 Å². The summed E-state index contributed by atoms with van der Waals surface area (Å²) >= 11 is 3.41. The molecule has 19 heavy (non-hydrogen) atoms. The van der Waals surface area contributed by atoms with Crippen LogP contribution in [0.15, 0.2) is 28.7 Å². The van der Waals surface area contributed by atoms with Crippen molar-refractivity contribution in [1.82, 2.24) is 5.32 Å². The predicted octanol–water partition coefficient (Wildman–Crippen LogP) is 2.79. The van der Waals surface area contributed by atoms with Crippen molar-refractivity contribution in [3.05, 3.63) is 34.3 Å². The van der Waals surface area contributed by atoms with Crippen molar-refractivity contribution in [2.45, 2.75) is 38.0 Å². The van der Waals surface area contributed by atoms with E-state index >= 15 is 0 Å². The van der Waals surface area contributed by atoms with E-state index in [-0.39, 0.29) is 6.04 Å². The van der Waals surface area contributed by atoms with Gasteiger partial charge in [0.05, 0.1) is 4.75 Å². The molecule has 0 spiro atoms. The van der Waals surface area contributed by atoms with Crippen LogP contribution in [0, 0.1) is 0 Å². The van der Waals surface area contributed by atoms with Crippen LogP contribution in [0.25, 0.3) is 0 Å². The summed E-state index contributed by atoms with van der Waals surface area (Å²) in [7, 11) is -3.05. The summed E-state index contributed by atoms with van der Waals surface area (Å²) in [5.41, 5.74) is 1.24. The first-order chi connectivity index (χ1) is 8.62. The maximum atomic E-state index is 11.6. The van der Waals surface area contributed by atoms with Gasteiger partial charge in [0, 0.05) is 23.3 Å². The van der Waals surface area contributed by atoms with Gasteiger partial charge in [0.1, 0.15) is 0 Å². The molecule has 0 saturated heterocycles. The van der Waals surface area contributed by atoms with E-state index < -0.39 is 14.6 Å². The molecule has 0 radical (unpaired) electrons. The van der Waals surface area contributed by atoms with Crippen molar-refractivity contribution < 1.29 is 8.42 Å². The minimum atomic E-state index is -3.05. The third kappa shape index (κ3) is 5.24. The van der Waals surface area contributed by atoms with Gasteiger partial charge in [-0.1, -0.05) is 28.1 Å². The zero-order valence-corrected chi connectivity index (χ0v) is 14.3. The molecule has 1 unspecified atom stereocenters. The molecule has 1 rings (SSSR count). The normalized spacial score (nSPS) is 14.4. The SMILES string of the molecule is CC(Cc1ccc(Br)cc1)NCC(C)(C)S(C)(=O)=O.